The summed E-state index contributed by atoms with van der Waals surface area (Å²) in [5.74, 6) is -0.0805. The number of aromatic nitrogens is 5. The maximum Gasteiger partial charge on any atom is 0.228 e. The third kappa shape index (κ3) is 4.54. The van der Waals surface area contributed by atoms with Crippen LogP contribution in [0.5, 0.6) is 0 Å². The lowest BCUT2D eigenvalue weighted by atomic mass is 10.0. The molecule has 8 heteroatoms. The summed E-state index contributed by atoms with van der Waals surface area (Å²) in [6, 6.07) is 26.2. The van der Waals surface area contributed by atoms with Crippen LogP contribution in [0.2, 0.25) is 0 Å². The average molecular weight is 541 g/mol. The number of thiophene rings is 1. The van der Waals surface area contributed by atoms with Crippen LogP contribution in [0, 0.1) is 6.92 Å². The standard InChI is InChI=1S/C32H24N6OS/c1-19-7-10-29(40-19)32-25-16-28(36-26(25)11-12-34-32)31-24-15-21(8-9-27(24)37-38-31)22-14-23(18-33-17-22)35-30(39)13-20-5-3-2-4-6-20/h2-12,14-18,36H,13H2,1H3,(H,35,39)(H,37,38). The zero-order valence-electron chi connectivity index (χ0n) is 21.6. The summed E-state index contributed by atoms with van der Waals surface area (Å²) < 4.78 is 0. The number of hydrogen-bond acceptors (Lipinski definition) is 5. The fraction of sp³-hybridized carbons (Fsp3) is 0.0625. The second-order valence-corrected chi connectivity index (χ2v) is 11.0. The Morgan fingerprint density at radius 1 is 0.875 bits per heavy atom. The number of anilines is 1. The van der Waals surface area contributed by atoms with Gasteiger partial charge in [-0.3, -0.25) is 19.9 Å². The van der Waals surface area contributed by atoms with Gasteiger partial charge in [0.15, 0.2) is 0 Å². The number of nitrogens with zero attached hydrogens (tertiary/aromatic N) is 3. The number of nitrogens with one attached hydrogen (secondary N) is 3. The van der Waals surface area contributed by atoms with Gasteiger partial charge in [0.05, 0.1) is 40.1 Å². The average Bonchev–Trinajstić information content (AvgIpc) is 3.71. The van der Waals surface area contributed by atoms with E-state index in [9.17, 15) is 4.79 Å². The SMILES string of the molecule is Cc1ccc(-c2nccc3[nH]c(-c4n[nH]c5ccc(-c6cncc(NC(=O)Cc7ccccc7)c6)cc45)cc23)s1. The van der Waals surface area contributed by atoms with Crippen molar-refractivity contribution in [1.29, 1.82) is 0 Å². The van der Waals surface area contributed by atoms with Crippen LogP contribution in [0.3, 0.4) is 0 Å². The van der Waals surface area contributed by atoms with Crippen molar-refractivity contribution in [3.63, 3.8) is 0 Å². The molecule has 3 N–H and O–H groups in total. The molecule has 0 spiro atoms. The van der Waals surface area contributed by atoms with Crippen LogP contribution < -0.4 is 5.32 Å². The highest BCUT2D eigenvalue weighted by atomic mass is 32.1. The minimum atomic E-state index is -0.0805. The van der Waals surface area contributed by atoms with Gasteiger partial charge in [-0.05, 0) is 60.5 Å². The molecule has 0 fully saturated rings. The molecule has 5 aromatic heterocycles. The molecule has 0 unspecified atom stereocenters. The van der Waals surface area contributed by atoms with E-state index in [1.54, 1.807) is 23.7 Å². The van der Waals surface area contributed by atoms with Gasteiger partial charge in [0.2, 0.25) is 5.91 Å². The Hall–Kier alpha value is -5.08. The van der Waals surface area contributed by atoms with Crippen molar-refractivity contribution >= 4 is 44.7 Å². The lowest BCUT2D eigenvalue weighted by molar-refractivity contribution is -0.115. The first kappa shape index (κ1) is 24.0. The molecule has 0 radical (unpaired) electrons. The predicted octanol–water partition coefficient (Wildman–Crippen LogP) is 7.39. The number of pyridine rings is 2. The van der Waals surface area contributed by atoms with Crippen molar-refractivity contribution in [2.45, 2.75) is 13.3 Å². The van der Waals surface area contributed by atoms with Gasteiger partial charge in [0.25, 0.3) is 0 Å². The molecule has 0 atom stereocenters. The molecule has 7 aromatic rings. The van der Waals surface area contributed by atoms with Crippen LogP contribution in [0.4, 0.5) is 5.69 Å². The highest BCUT2D eigenvalue weighted by molar-refractivity contribution is 7.15. The molecule has 2 aromatic carbocycles. The third-order valence-electron chi connectivity index (χ3n) is 6.90. The fourth-order valence-electron chi connectivity index (χ4n) is 4.99. The number of H-pyrrole nitrogens is 2. The summed E-state index contributed by atoms with van der Waals surface area (Å²) in [6.07, 6.45) is 5.62. The molecular formula is C32H24N6OS. The van der Waals surface area contributed by atoms with Gasteiger partial charge in [-0.25, -0.2) is 0 Å². The third-order valence-corrected chi connectivity index (χ3v) is 7.91. The van der Waals surface area contributed by atoms with E-state index < -0.39 is 0 Å². The molecule has 7 rings (SSSR count). The molecule has 194 valence electrons. The van der Waals surface area contributed by atoms with Crippen LogP contribution in [-0.4, -0.2) is 31.1 Å². The lowest BCUT2D eigenvalue weighted by Crippen LogP contribution is -2.14. The van der Waals surface area contributed by atoms with Gasteiger partial charge < -0.3 is 10.3 Å². The fourth-order valence-corrected chi connectivity index (χ4v) is 5.87. The van der Waals surface area contributed by atoms with E-state index in [1.165, 1.54) is 4.88 Å². The molecule has 7 nitrogen and oxygen atoms in total. The van der Waals surface area contributed by atoms with Crippen LogP contribution in [0.15, 0.2) is 97.5 Å². The summed E-state index contributed by atoms with van der Waals surface area (Å²) >= 11 is 1.74. The summed E-state index contributed by atoms with van der Waals surface area (Å²) in [6.45, 7) is 2.11. The van der Waals surface area contributed by atoms with Gasteiger partial charge in [-0.1, -0.05) is 36.4 Å². The number of carbonyl (C=O) groups excluding carboxylic acids is 1. The monoisotopic (exact) mass is 540 g/mol. The van der Waals surface area contributed by atoms with E-state index in [2.05, 4.69) is 61.7 Å². The minimum Gasteiger partial charge on any atom is -0.353 e. The van der Waals surface area contributed by atoms with Gasteiger partial charge >= 0.3 is 0 Å². The van der Waals surface area contributed by atoms with Gasteiger partial charge in [-0.15, -0.1) is 11.3 Å². The highest BCUT2D eigenvalue weighted by Crippen LogP contribution is 2.36. The van der Waals surface area contributed by atoms with Gasteiger partial charge in [0.1, 0.15) is 5.69 Å². The normalized spacial score (nSPS) is 11.3. The summed E-state index contributed by atoms with van der Waals surface area (Å²) in [5, 5.41) is 12.8. The molecule has 0 saturated heterocycles. The Morgan fingerprint density at radius 3 is 2.60 bits per heavy atom. The Labute approximate surface area is 234 Å². The second kappa shape index (κ2) is 9.91. The highest BCUT2D eigenvalue weighted by Gasteiger charge is 2.16. The molecule has 1 amide bonds. The van der Waals surface area contributed by atoms with Crippen molar-refractivity contribution in [2.24, 2.45) is 0 Å². The van der Waals surface area contributed by atoms with E-state index in [4.69, 9.17) is 0 Å². The van der Waals surface area contributed by atoms with E-state index in [0.29, 0.717) is 12.1 Å². The van der Waals surface area contributed by atoms with E-state index in [-0.39, 0.29) is 5.91 Å². The van der Waals surface area contributed by atoms with Crippen LogP contribution in [-0.2, 0) is 11.2 Å². The summed E-state index contributed by atoms with van der Waals surface area (Å²) in [5.41, 5.74) is 8.18. The Balaban J connectivity index is 1.21. The number of amides is 1. The molecule has 5 heterocycles. The van der Waals surface area contributed by atoms with Crippen molar-refractivity contribution in [2.75, 3.05) is 5.32 Å². The largest absolute Gasteiger partial charge is 0.353 e. The number of aromatic amines is 2. The Kier molecular flexibility index (Phi) is 5.94. The minimum absolute atomic E-state index is 0.0805. The van der Waals surface area contributed by atoms with Crippen LogP contribution in [0.25, 0.3) is 54.9 Å². The van der Waals surface area contributed by atoms with Crippen LogP contribution in [0.1, 0.15) is 10.4 Å². The van der Waals surface area contributed by atoms with Crippen molar-refractivity contribution in [3.05, 3.63) is 108 Å². The smallest absolute Gasteiger partial charge is 0.228 e. The number of benzene rings is 2. The Bertz CT molecular complexity index is 2000. The zero-order chi connectivity index (χ0) is 27.1. The predicted molar refractivity (Wildman–Crippen MR) is 161 cm³/mol. The molecule has 0 aliphatic carbocycles. The maximum atomic E-state index is 12.6. The number of hydrogen-bond donors (Lipinski definition) is 3. The number of fused-ring (bicyclic) bond motifs is 2. The van der Waals surface area contributed by atoms with E-state index >= 15 is 0 Å². The molecule has 40 heavy (non-hydrogen) atoms. The van der Waals surface area contributed by atoms with E-state index in [0.717, 1.165) is 60.5 Å². The quantitative estimate of drug-likeness (QED) is 0.205. The first-order valence-corrected chi connectivity index (χ1v) is 13.7. The summed E-state index contributed by atoms with van der Waals surface area (Å²) in [4.78, 5) is 27.6. The van der Waals surface area contributed by atoms with Crippen LogP contribution >= 0.6 is 11.3 Å². The molecule has 0 saturated carbocycles. The molecule has 0 aliphatic heterocycles. The number of aryl methyl sites for hydroxylation is 1. The van der Waals surface area contributed by atoms with Crippen molar-refractivity contribution in [1.82, 2.24) is 25.1 Å². The summed E-state index contributed by atoms with van der Waals surface area (Å²) in [7, 11) is 0. The topological polar surface area (TPSA) is 99.3 Å². The maximum absolute atomic E-state index is 12.6. The van der Waals surface area contributed by atoms with Gasteiger partial charge in [0, 0.05) is 39.1 Å². The number of carbonyl (C=O) groups is 1. The van der Waals surface area contributed by atoms with Crippen molar-refractivity contribution in [3.8, 4) is 33.1 Å². The molecular weight excluding hydrogens is 516 g/mol. The molecule has 0 bridgehead atoms. The first-order valence-electron chi connectivity index (χ1n) is 12.9. The molecule has 0 aliphatic rings. The van der Waals surface area contributed by atoms with Gasteiger partial charge in [-0.2, -0.15) is 5.10 Å². The number of rotatable bonds is 6. The van der Waals surface area contributed by atoms with E-state index in [1.807, 2.05) is 60.8 Å². The Morgan fingerprint density at radius 2 is 1.75 bits per heavy atom. The zero-order valence-corrected chi connectivity index (χ0v) is 22.4. The first-order chi connectivity index (χ1) is 19.6. The van der Waals surface area contributed by atoms with Crippen molar-refractivity contribution < 1.29 is 4.79 Å². The second-order valence-electron chi connectivity index (χ2n) is 9.72. The lowest BCUT2D eigenvalue weighted by Gasteiger charge is -2.08.